The second kappa shape index (κ2) is 15.3. The van der Waals surface area contributed by atoms with Gasteiger partial charge < -0.3 is 13.7 Å². The van der Waals surface area contributed by atoms with Gasteiger partial charge in [0, 0.05) is 27.5 Å². The average Bonchev–Trinajstić information content (AvgIpc) is 3.94. The van der Waals surface area contributed by atoms with Gasteiger partial charge in [0.1, 0.15) is 22.3 Å². The van der Waals surface area contributed by atoms with Gasteiger partial charge in [0.15, 0.2) is 0 Å². The maximum Gasteiger partial charge on any atom is 0.145 e. The predicted molar refractivity (Wildman–Crippen MR) is 263 cm³/mol. The Kier molecular flexibility index (Phi) is 8.83. The zero-order valence-electron chi connectivity index (χ0n) is 34.3. The Balaban J connectivity index is 1.22. The summed E-state index contributed by atoms with van der Waals surface area (Å²) in [4.78, 5) is 2.48. The van der Waals surface area contributed by atoms with Crippen LogP contribution in [0.15, 0.2) is 245 Å². The quantitative estimate of drug-likeness (QED) is 0.153. The Hall–Kier alpha value is -8.40. The van der Waals surface area contributed by atoms with E-state index >= 15 is 0 Å². The number of rotatable bonds is 8. The standard InChI is InChI=1S/C60H39NO2/c1-6-18-40(19-7-1)45-32-34-50-55(38-45)62-54-31-17-30-52(57(50)54)61(59-47(42-22-10-3-11-23-42)28-16-29-48(59)43-24-12-4-13-25-43)53-37-36-49(44-26-14-5-15-27-44)60-58(53)51-35-33-46(39-56(51)63-60)41-20-8-2-9-21-41/h1-39H. The fourth-order valence-electron chi connectivity index (χ4n) is 9.36. The molecule has 0 fully saturated rings. The normalized spacial score (nSPS) is 11.5. The summed E-state index contributed by atoms with van der Waals surface area (Å²) in [7, 11) is 0. The third kappa shape index (κ3) is 6.29. The molecule has 0 radical (unpaired) electrons. The van der Waals surface area contributed by atoms with Gasteiger partial charge in [-0.2, -0.15) is 0 Å². The summed E-state index contributed by atoms with van der Waals surface area (Å²) >= 11 is 0. The molecule has 0 atom stereocenters. The van der Waals surface area contributed by atoms with Crippen molar-refractivity contribution in [1.82, 2.24) is 0 Å². The van der Waals surface area contributed by atoms with Crippen molar-refractivity contribution in [2.75, 3.05) is 4.90 Å². The van der Waals surface area contributed by atoms with Gasteiger partial charge in [0.05, 0.1) is 27.8 Å². The van der Waals surface area contributed by atoms with E-state index in [1.54, 1.807) is 0 Å². The molecule has 0 bridgehead atoms. The Labute approximate surface area is 365 Å². The molecule has 0 aliphatic carbocycles. The Morgan fingerprint density at radius 2 is 0.714 bits per heavy atom. The summed E-state index contributed by atoms with van der Waals surface area (Å²) in [6, 6.07) is 83.9. The van der Waals surface area contributed by atoms with Crippen LogP contribution < -0.4 is 4.90 Å². The summed E-state index contributed by atoms with van der Waals surface area (Å²) in [6.07, 6.45) is 0. The average molecular weight is 806 g/mol. The molecule has 0 N–H and O–H groups in total. The van der Waals surface area contributed by atoms with Gasteiger partial charge in [0.25, 0.3) is 0 Å². The molecule has 0 unspecified atom stereocenters. The molecule has 296 valence electrons. The van der Waals surface area contributed by atoms with Crippen LogP contribution in [0.5, 0.6) is 0 Å². The number of hydrogen-bond acceptors (Lipinski definition) is 3. The molecule has 0 saturated carbocycles. The van der Waals surface area contributed by atoms with E-state index < -0.39 is 0 Å². The van der Waals surface area contributed by atoms with Crippen molar-refractivity contribution in [3.8, 4) is 55.6 Å². The van der Waals surface area contributed by atoms with Gasteiger partial charge >= 0.3 is 0 Å². The van der Waals surface area contributed by atoms with Crippen molar-refractivity contribution in [1.29, 1.82) is 0 Å². The Bertz CT molecular complexity index is 3540. The van der Waals surface area contributed by atoms with Crippen molar-refractivity contribution in [2.45, 2.75) is 0 Å². The van der Waals surface area contributed by atoms with Gasteiger partial charge in [-0.1, -0.05) is 188 Å². The molecule has 63 heavy (non-hydrogen) atoms. The summed E-state index contributed by atoms with van der Waals surface area (Å²) < 4.78 is 14.0. The van der Waals surface area contributed by atoms with Crippen molar-refractivity contribution < 1.29 is 8.83 Å². The Morgan fingerprint density at radius 1 is 0.270 bits per heavy atom. The third-order valence-corrected chi connectivity index (χ3v) is 12.3. The first-order valence-electron chi connectivity index (χ1n) is 21.4. The van der Waals surface area contributed by atoms with Crippen LogP contribution in [0.4, 0.5) is 17.1 Å². The number of benzene rings is 10. The minimum atomic E-state index is 0.817. The lowest BCUT2D eigenvalue weighted by Crippen LogP contribution is -2.13. The third-order valence-electron chi connectivity index (χ3n) is 12.3. The lowest BCUT2D eigenvalue weighted by molar-refractivity contribution is 0.669. The summed E-state index contributed by atoms with van der Waals surface area (Å²) in [5.74, 6) is 0. The highest BCUT2D eigenvalue weighted by Crippen LogP contribution is 2.53. The SMILES string of the molecule is c1ccc(-c2ccc3c(c2)oc2cccc(N(c4c(-c5ccccc5)cccc4-c4ccccc4)c4ccc(-c5ccccc5)c5oc6cc(-c7ccccc7)ccc6c45)c23)cc1. The summed E-state index contributed by atoms with van der Waals surface area (Å²) in [5.41, 5.74) is 17.5. The van der Waals surface area contributed by atoms with Gasteiger partial charge in [-0.15, -0.1) is 0 Å². The number of furan rings is 2. The van der Waals surface area contributed by atoms with Crippen LogP contribution >= 0.6 is 0 Å². The maximum atomic E-state index is 7.15. The van der Waals surface area contributed by atoms with E-state index in [0.717, 1.165) is 117 Å². The first kappa shape index (κ1) is 36.5. The van der Waals surface area contributed by atoms with Gasteiger partial charge in [-0.25, -0.2) is 0 Å². The molecular weight excluding hydrogens is 767 g/mol. The molecule has 0 saturated heterocycles. The predicted octanol–water partition coefficient (Wildman–Crippen LogP) is 17.3. The minimum absolute atomic E-state index is 0.817. The van der Waals surface area contributed by atoms with E-state index in [1.165, 1.54) is 0 Å². The molecule has 12 aromatic rings. The van der Waals surface area contributed by atoms with Crippen molar-refractivity contribution in [3.63, 3.8) is 0 Å². The van der Waals surface area contributed by atoms with E-state index in [0.29, 0.717) is 0 Å². The van der Waals surface area contributed by atoms with Gasteiger partial charge in [-0.05, 0) is 87.5 Å². The Morgan fingerprint density at radius 3 is 1.25 bits per heavy atom. The van der Waals surface area contributed by atoms with Crippen LogP contribution in [0.3, 0.4) is 0 Å². The first-order chi connectivity index (χ1) is 31.3. The number of hydrogen-bond donors (Lipinski definition) is 0. The lowest BCUT2D eigenvalue weighted by atomic mass is 9.92. The minimum Gasteiger partial charge on any atom is -0.456 e. The van der Waals surface area contributed by atoms with E-state index in [1.807, 2.05) is 0 Å². The van der Waals surface area contributed by atoms with Crippen molar-refractivity contribution in [3.05, 3.63) is 237 Å². The molecule has 0 spiro atoms. The maximum absolute atomic E-state index is 7.15. The molecule has 2 heterocycles. The molecule has 3 nitrogen and oxygen atoms in total. The fourth-order valence-corrected chi connectivity index (χ4v) is 9.36. The molecule has 12 rings (SSSR count). The van der Waals surface area contributed by atoms with E-state index in [9.17, 15) is 0 Å². The monoisotopic (exact) mass is 805 g/mol. The molecule has 2 aromatic heterocycles. The van der Waals surface area contributed by atoms with Crippen LogP contribution in [-0.4, -0.2) is 0 Å². The number of anilines is 3. The first-order valence-corrected chi connectivity index (χ1v) is 21.4. The molecule has 0 amide bonds. The number of nitrogens with zero attached hydrogens (tertiary/aromatic N) is 1. The smallest absolute Gasteiger partial charge is 0.145 e. The summed E-state index contributed by atoms with van der Waals surface area (Å²) in [5, 5.41) is 4.15. The van der Waals surface area contributed by atoms with Crippen LogP contribution in [0.2, 0.25) is 0 Å². The van der Waals surface area contributed by atoms with Gasteiger partial charge in [0.2, 0.25) is 0 Å². The van der Waals surface area contributed by atoms with Crippen LogP contribution in [0, 0.1) is 0 Å². The van der Waals surface area contributed by atoms with Crippen LogP contribution in [-0.2, 0) is 0 Å². The lowest BCUT2D eigenvalue weighted by Gasteiger charge is -2.31. The molecule has 0 aliphatic rings. The van der Waals surface area contributed by atoms with E-state index in [2.05, 4.69) is 241 Å². The number of para-hydroxylation sites is 1. The zero-order valence-corrected chi connectivity index (χ0v) is 34.3. The van der Waals surface area contributed by atoms with E-state index in [4.69, 9.17) is 8.83 Å². The van der Waals surface area contributed by atoms with Crippen LogP contribution in [0.25, 0.3) is 99.5 Å². The molecule has 0 aliphatic heterocycles. The summed E-state index contributed by atoms with van der Waals surface area (Å²) in [6.45, 7) is 0. The highest BCUT2D eigenvalue weighted by molar-refractivity contribution is 6.21. The molecular formula is C60H39NO2. The number of fused-ring (bicyclic) bond motifs is 6. The zero-order chi connectivity index (χ0) is 41.7. The highest BCUT2D eigenvalue weighted by atomic mass is 16.3. The highest BCUT2D eigenvalue weighted by Gasteiger charge is 2.29. The molecule has 3 heteroatoms. The van der Waals surface area contributed by atoms with E-state index in [-0.39, 0.29) is 0 Å². The topological polar surface area (TPSA) is 29.5 Å². The van der Waals surface area contributed by atoms with Crippen molar-refractivity contribution in [2.24, 2.45) is 0 Å². The second-order valence-electron chi connectivity index (χ2n) is 16.0. The fraction of sp³-hybridized carbons (Fsp3) is 0. The van der Waals surface area contributed by atoms with Gasteiger partial charge in [-0.3, -0.25) is 0 Å². The molecule has 10 aromatic carbocycles. The second-order valence-corrected chi connectivity index (χ2v) is 16.0. The van der Waals surface area contributed by atoms with Crippen molar-refractivity contribution >= 4 is 60.9 Å². The largest absolute Gasteiger partial charge is 0.456 e. The van der Waals surface area contributed by atoms with Crippen LogP contribution in [0.1, 0.15) is 0 Å².